The lowest BCUT2D eigenvalue weighted by Gasteiger charge is -2.04. The van der Waals surface area contributed by atoms with Crippen LogP contribution in [0, 0.1) is 6.92 Å². The summed E-state index contributed by atoms with van der Waals surface area (Å²) in [5.41, 5.74) is 4.55. The van der Waals surface area contributed by atoms with Crippen LogP contribution in [0.4, 0.5) is 0 Å². The van der Waals surface area contributed by atoms with Gasteiger partial charge in [0.05, 0.1) is 6.42 Å². The van der Waals surface area contributed by atoms with Crippen LogP contribution in [0.5, 0.6) is 0 Å². The average molecular weight is 284 g/mol. The third kappa shape index (κ3) is 2.60. The van der Waals surface area contributed by atoms with Crippen LogP contribution in [0.15, 0.2) is 41.2 Å². The van der Waals surface area contributed by atoms with Crippen molar-refractivity contribution < 1.29 is 4.79 Å². The molecule has 0 aliphatic rings. The summed E-state index contributed by atoms with van der Waals surface area (Å²) in [7, 11) is 0. The zero-order chi connectivity index (χ0) is 13.9. The molecule has 2 N–H and O–H groups in total. The Labute approximate surface area is 121 Å². The van der Waals surface area contributed by atoms with Crippen molar-refractivity contribution >= 4 is 28.1 Å². The van der Waals surface area contributed by atoms with E-state index in [1.54, 1.807) is 11.3 Å². The fourth-order valence-electron chi connectivity index (χ4n) is 2.28. The van der Waals surface area contributed by atoms with Crippen LogP contribution in [-0.2, 0) is 17.8 Å². The highest BCUT2D eigenvalue weighted by Gasteiger charge is 2.09. The van der Waals surface area contributed by atoms with E-state index < -0.39 is 0 Å². The molecule has 0 fully saturated rings. The number of aryl methyl sites for hydroxylation is 1. The van der Waals surface area contributed by atoms with Crippen molar-refractivity contribution in [3.8, 4) is 0 Å². The maximum Gasteiger partial charge on any atom is 0.224 e. The van der Waals surface area contributed by atoms with Gasteiger partial charge in [0, 0.05) is 23.6 Å². The van der Waals surface area contributed by atoms with Crippen molar-refractivity contribution in [3.05, 3.63) is 57.9 Å². The zero-order valence-electron chi connectivity index (χ0n) is 11.3. The van der Waals surface area contributed by atoms with Gasteiger partial charge in [-0.25, -0.2) is 0 Å². The summed E-state index contributed by atoms with van der Waals surface area (Å²) in [6.45, 7) is 2.67. The second kappa shape index (κ2) is 5.51. The number of para-hydroxylation sites is 1. The molecule has 3 aromatic rings. The van der Waals surface area contributed by atoms with E-state index in [4.69, 9.17) is 0 Å². The molecule has 2 heterocycles. The summed E-state index contributed by atoms with van der Waals surface area (Å²) >= 11 is 1.67. The molecule has 0 saturated heterocycles. The van der Waals surface area contributed by atoms with E-state index in [9.17, 15) is 4.79 Å². The molecule has 4 heteroatoms. The summed E-state index contributed by atoms with van der Waals surface area (Å²) in [5.74, 6) is 0.0559. The van der Waals surface area contributed by atoms with Gasteiger partial charge in [-0.1, -0.05) is 18.2 Å². The van der Waals surface area contributed by atoms with Crippen molar-refractivity contribution in [3.63, 3.8) is 0 Å². The molecule has 0 spiro atoms. The summed E-state index contributed by atoms with van der Waals surface area (Å²) in [5, 5.41) is 8.29. The summed E-state index contributed by atoms with van der Waals surface area (Å²) < 4.78 is 0. The molecule has 1 aromatic carbocycles. The molecule has 1 amide bonds. The van der Waals surface area contributed by atoms with Gasteiger partial charge in [0.2, 0.25) is 5.91 Å². The smallest absolute Gasteiger partial charge is 0.224 e. The molecular formula is C16H16N2OS. The number of hydrogen-bond donors (Lipinski definition) is 2. The molecule has 20 heavy (non-hydrogen) atoms. The van der Waals surface area contributed by atoms with Gasteiger partial charge in [0.25, 0.3) is 0 Å². The van der Waals surface area contributed by atoms with Crippen molar-refractivity contribution in [2.75, 3.05) is 0 Å². The zero-order valence-corrected chi connectivity index (χ0v) is 12.1. The molecule has 0 saturated carbocycles. The second-order valence-electron chi connectivity index (χ2n) is 4.89. The van der Waals surface area contributed by atoms with Gasteiger partial charge < -0.3 is 10.3 Å². The molecule has 0 atom stereocenters. The van der Waals surface area contributed by atoms with Crippen molar-refractivity contribution in [2.24, 2.45) is 0 Å². The van der Waals surface area contributed by atoms with Gasteiger partial charge in [-0.2, -0.15) is 11.3 Å². The molecule has 0 unspecified atom stereocenters. The van der Waals surface area contributed by atoms with Gasteiger partial charge in [-0.05, 0) is 40.4 Å². The Morgan fingerprint density at radius 1 is 1.25 bits per heavy atom. The number of carbonyl (C=O) groups excluding carboxylic acids is 1. The number of benzene rings is 1. The first-order valence-corrected chi connectivity index (χ1v) is 7.51. The Bertz CT molecular complexity index is 742. The number of fused-ring (bicyclic) bond motifs is 1. The van der Waals surface area contributed by atoms with E-state index in [0.29, 0.717) is 13.0 Å². The molecular weight excluding hydrogens is 268 g/mol. The summed E-state index contributed by atoms with van der Waals surface area (Å²) in [6, 6.07) is 8.04. The normalized spacial score (nSPS) is 10.8. The van der Waals surface area contributed by atoms with Gasteiger partial charge in [-0.15, -0.1) is 0 Å². The molecule has 3 rings (SSSR count). The molecule has 0 aliphatic carbocycles. The fourth-order valence-corrected chi connectivity index (χ4v) is 3.13. The van der Waals surface area contributed by atoms with E-state index in [2.05, 4.69) is 28.0 Å². The Morgan fingerprint density at radius 3 is 2.90 bits per heavy atom. The number of nitrogens with one attached hydrogen (secondary N) is 2. The maximum absolute atomic E-state index is 12.0. The molecule has 2 aromatic heterocycles. The van der Waals surface area contributed by atoms with E-state index in [-0.39, 0.29) is 5.91 Å². The molecule has 0 radical (unpaired) electrons. The fraction of sp³-hybridized carbons (Fsp3) is 0.188. The lowest BCUT2D eigenvalue weighted by molar-refractivity contribution is -0.120. The number of amides is 1. The van der Waals surface area contributed by atoms with E-state index in [0.717, 1.165) is 16.5 Å². The highest BCUT2D eigenvalue weighted by molar-refractivity contribution is 7.08. The third-order valence-corrected chi connectivity index (χ3v) is 4.37. The van der Waals surface area contributed by atoms with Gasteiger partial charge >= 0.3 is 0 Å². The molecule has 0 aliphatic heterocycles. The lowest BCUT2D eigenvalue weighted by atomic mass is 10.1. The first-order valence-electron chi connectivity index (χ1n) is 6.57. The number of rotatable bonds is 4. The monoisotopic (exact) mass is 284 g/mol. The Kier molecular flexibility index (Phi) is 3.56. The van der Waals surface area contributed by atoms with E-state index in [1.807, 2.05) is 30.5 Å². The third-order valence-electron chi connectivity index (χ3n) is 3.46. The maximum atomic E-state index is 12.0. The van der Waals surface area contributed by atoms with Crippen molar-refractivity contribution in [1.29, 1.82) is 0 Å². The molecule has 0 bridgehead atoms. The van der Waals surface area contributed by atoms with Crippen LogP contribution in [0.3, 0.4) is 0 Å². The van der Waals surface area contributed by atoms with Gasteiger partial charge in [-0.3, -0.25) is 4.79 Å². The first kappa shape index (κ1) is 12.9. The van der Waals surface area contributed by atoms with Crippen LogP contribution in [-0.4, -0.2) is 10.9 Å². The SMILES string of the molecule is Cc1cscc1CNC(=O)Cc1c[nH]c2ccccc12. The topological polar surface area (TPSA) is 44.9 Å². The number of hydrogen-bond acceptors (Lipinski definition) is 2. The van der Waals surface area contributed by atoms with Crippen LogP contribution >= 0.6 is 11.3 Å². The predicted octanol–water partition coefficient (Wildman–Crippen LogP) is 3.40. The minimum Gasteiger partial charge on any atom is -0.361 e. The summed E-state index contributed by atoms with van der Waals surface area (Å²) in [6.07, 6.45) is 2.33. The Hall–Kier alpha value is -2.07. The van der Waals surface area contributed by atoms with E-state index in [1.165, 1.54) is 11.1 Å². The number of aromatic nitrogens is 1. The number of aromatic amines is 1. The van der Waals surface area contributed by atoms with Crippen LogP contribution in [0.25, 0.3) is 10.9 Å². The highest BCUT2D eigenvalue weighted by Crippen LogP contribution is 2.18. The lowest BCUT2D eigenvalue weighted by Crippen LogP contribution is -2.24. The minimum absolute atomic E-state index is 0.0559. The highest BCUT2D eigenvalue weighted by atomic mass is 32.1. The molecule has 102 valence electrons. The first-order chi connectivity index (χ1) is 9.74. The van der Waals surface area contributed by atoms with Crippen molar-refractivity contribution in [2.45, 2.75) is 19.9 Å². The van der Waals surface area contributed by atoms with Crippen LogP contribution < -0.4 is 5.32 Å². The van der Waals surface area contributed by atoms with Gasteiger partial charge in [0.1, 0.15) is 0 Å². The quantitative estimate of drug-likeness (QED) is 0.758. The van der Waals surface area contributed by atoms with E-state index >= 15 is 0 Å². The number of carbonyl (C=O) groups is 1. The largest absolute Gasteiger partial charge is 0.361 e. The van der Waals surface area contributed by atoms with Crippen LogP contribution in [0.2, 0.25) is 0 Å². The standard InChI is InChI=1S/C16H16N2OS/c1-11-9-20-10-13(11)8-18-16(19)6-12-7-17-15-5-3-2-4-14(12)15/h2-5,7,9-10,17H,6,8H2,1H3,(H,18,19). The number of thiophene rings is 1. The Morgan fingerprint density at radius 2 is 2.10 bits per heavy atom. The number of H-pyrrole nitrogens is 1. The summed E-state index contributed by atoms with van der Waals surface area (Å²) in [4.78, 5) is 15.2. The van der Waals surface area contributed by atoms with Gasteiger partial charge in [0.15, 0.2) is 0 Å². The second-order valence-corrected chi connectivity index (χ2v) is 5.64. The average Bonchev–Trinajstić information content (AvgIpc) is 3.04. The Balaban J connectivity index is 1.66. The van der Waals surface area contributed by atoms with Crippen LogP contribution in [0.1, 0.15) is 16.7 Å². The minimum atomic E-state index is 0.0559. The molecule has 3 nitrogen and oxygen atoms in total. The predicted molar refractivity (Wildman–Crippen MR) is 82.9 cm³/mol. The van der Waals surface area contributed by atoms with Crippen molar-refractivity contribution in [1.82, 2.24) is 10.3 Å².